The molecule has 0 aromatic heterocycles. The van der Waals surface area contributed by atoms with E-state index in [-0.39, 0.29) is 12.5 Å². The third-order valence-electron chi connectivity index (χ3n) is 2.65. The first kappa shape index (κ1) is 15.2. The molecule has 2 aromatic carbocycles. The number of nitrogens with one attached hydrogen (secondary N) is 2. The number of hydrogen-bond acceptors (Lipinski definition) is 3. The van der Waals surface area contributed by atoms with Crippen LogP contribution in [-0.4, -0.2) is 12.5 Å². The van der Waals surface area contributed by atoms with Gasteiger partial charge in [-0.05, 0) is 36.4 Å². The van der Waals surface area contributed by atoms with Gasteiger partial charge in [0.1, 0.15) is 0 Å². The van der Waals surface area contributed by atoms with Gasteiger partial charge < -0.3 is 10.6 Å². The molecule has 0 aliphatic heterocycles. The van der Waals surface area contributed by atoms with Crippen molar-refractivity contribution >= 4 is 40.5 Å². The van der Waals surface area contributed by atoms with Gasteiger partial charge in [-0.3, -0.25) is 4.79 Å². The van der Waals surface area contributed by atoms with Gasteiger partial charge in [0.05, 0.1) is 28.9 Å². The Labute approximate surface area is 132 Å². The van der Waals surface area contributed by atoms with E-state index in [1.165, 1.54) is 0 Å². The zero-order valence-electron chi connectivity index (χ0n) is 10.9. The molecule has 0 atom stereocenters. The Hall–Kier alpha value is -2.22. The standard InChI is InChI=1S/C15H11Cl2N3O/c16-11-4-5-13(17)14(7-11)20-15(21)9-19-12-3-1-2-10(6-12)8-18/h1-7,19H,9H2,(H,20,21). The lowest BCUT2D eigenvalue weighted by atomic mass is 10.2. The summed E-state index contributed by atoms with van der Waals surface area (Å²) in [6.45, 7) is 0.0533. The summed E-state index contributed by atoms with van der Waals surface area (Å²) in [6.07, 6.45) is 0. The van der Waals surface area contributed by atoms with Gasteiger partial charge in [0, 0.05) is 10.7 Å². The van der Waals surface area contributed by atoms with E-state index in [4.69, 9.17) is 28.5 Å². The molecule has 0 saturated carbocycles. The largest absolute Gasteiger partial charge is 0.376 e. The van der Waals surface area contributed by atoms with Crippen LogP contribution in [-0.2, 0) is 4.79 Å². The topological polar surface area (TPSA) is 64.9 Å². The Morgan fingerprint density at radius 3 is 2.76 bits per heavy atom. The number of hydrogen-bond donors (Lipinski definition) is 2. The van der Waals surface area contributed by atoms with Gasteiger partial charge >= 0.3 is 0 Å². The molecule has 4 nitrogen and oxygen atoms in total. The van der Waals surface area contributed by atoms with E-state index in [9.17, 15) is 4.79 Å². The molecule has 1 amide bonds. The highest BCUT2D eigenvalue weighted by atomic mass is 35.5. The minimum atomic E-state index is -0.262. The van der Waals surface area contributed by atoms with Crippen LogP contribution in [0.25, 0.3) is 0 Å². The second-order valence-corrected chi connectivity index (χ2v) is 5.06. The van der Waals surface area contributed by atoms with Crippen LogP contribution < -0.4 is 10.6 Å². The smallest absolute Gasteiger partial charge is 0.243 e. The maximum absolute atomic E-state index is 11.9. The van der Waals surface area contributed by atoms with Crippen molar-refractivity contribution in [2.24, 2.45) is 0 Å². The minimum absolute atomic E-state index is 0.0533. The van der Waals surface area contributed by atoms with E-state index in [0.717, 1.165) is 0 Å². The summed E-state index contributed by atoms with van der Waals surface area (Å²) in [5.74, 6) is -0.262. The summed E-state index contributed by atoms with van der Waals surface area (Å²) < 4.78 is 0. The van der Waals surface area contributed by atoms with Crippen molar-refractivity contribution in [1.29, 1.82) is 5.26 Å². The number of benzene rings is 2. The summed E-state index contributed by atoms with van der Waals surface area (Å²) in [7, 11) is 0. The van der Waals surface area contributed by atoms with Crippen LogP contribution >= 0.6 is 23.2 Å². The molecule has 106 valence electrons. The summed E-state index contributed by atoms with van der Waals surface area (Å²) in [5, 5.41) is 15.3. The van der Waals surface area contributed by atoms with E-state index in [0.29, 0.717) is 27.0 Å². The molecule has 0 saturated heterocycles. The van der Waals surface area contributed by atoms with Gasteiger partial charge in [-0.2, -0.15) is 5.26 Å². The lowest BCUT2D eigenvalue weighted by molar-refractivity contribution is -0.114. The SMILES string of the molecule is N#Cc1cccc(NCC(=O)Nc2cc(Cl)ccc2Cl)c1. The van der Waals surface area contributed by atoms with Gasteiger partial charge in [-0.25, -0.2) is 0 Å². The average molecular weight is 320 g/mol. The number of nitrogens with zero attached hydrogens (tertiary/aromatic N) is 1. The van der Waals surface area contributed by atoms with Gasteiger partial charge in [0.2, 0.25) is 5.91 Å². The number of carbonyl (C=O) groups is 1. The monoisotopic (exact) mass is 319 g/mol. The van der Waals surface area contributed by atoms with E-state index >= 15 is 0 Å². The summed E-state index contributed by atoms with van der Waals surface area (Å²) in [4.78, 5) is 11.9. The molecule has 0 fully saturated rings. The van der Waals surface area contributed by atoms with Gasteiger partial charge in [-0.1, -0.05) is 29.3 Å². The van der Waals surface area contributed by atoms with Crippen molar-refractivity contribution in [1.82, 2.24) is 0 Å². The van der Waals surface area contributed by atoms with Crippen molar-refractivity contribution in [2.75, 3.05) is 17.2 Å². The first-order valence-corrected chi connectivity index (χ1v) is 6.83. The van der Waals surface area contributed by atoms with E-state index in [1.54, 1.807) is 42.5 Å². The zero-order valence-corrected chi connectivity index (χ0v) is 12.4. The molecule has 0 bridgehead atoms. The Bertz CT molecular complexity index is 710. The Kier molecular flexibility index (Phi) is 5.04. The van der Waals surface area contributed by atoms with Crippen LogP contribution in [0.1, 0.15) is 5.56 Å². The van der Waals surface area contributed by atoms with E-state index in [2.05, 4.69) is 10.6 Å². The van der Waals surface area contributed by atoms with E-state index in [1.807, 2.05) is 6.07 Å². The van der Waals surface area contributed by atoms with Crippen molar-refractivity contribution in [3.05, 3.63) is 58.1 Å². The van der Waals surface area contributed by atoms with Crippen LogP contribution in [0.4, 0.5) is 11.4 Å². The fraction of sp³-hybridized carbons (Fsp3) is 0.0667. The predicted octanol–water partition coefficient (Wildman–Crippen LogP) is 3.92. The molecule has 0 radical (unpaired) electrons. The maximum atomic E-state index is 11.9. The fourth-order valence-electron chi connectivity index (χ4n) is 1.67. The van der Waals surface area contributed by atoms with Crippen LogP contribution in [0, 0.1) is 11.3 Å². The van der Waals surface area contributed by atoms with Crippen molar-refractivity contribution in [3.63, 3.8) is 0 Å². The highest BCUT2D eigenvalue weighted by molar-refractivity contribution is 6.35. The van der Waals surface area contributed by atoms with Crippen LogP contribution in [0.15, 0.2) is 42.5 Å². The molecule has 0 spiro atoms. The van der Waals surface area contributed by atoms with Crippen LogP contribution in [0.2, 0.25) is 10.0 Å². The second kappa shape index (κ2) is 6.98. The highest BCUT2D eigenvalue weighted by Gasteiger charge is 2.06. The van der Waals surface area contributed by atoms with Gasteiger partial charge in [-0.15, -0.1) is 0 Å². The third-order valence-corrected chi connectivity index (χ3v) is 3.21. The van der Waals surface area contributed by atoms with Crippen molar-refractivity contribution in [3.8, 4) is 6.07 Å². The number of rotatable bonds is 4. The molecule has 0 heterocycles. The molecular weight excluding hydrogens is 309 g/mol. The first-order chi connectivity index (χ1) is 10.1. The fourth-order valence-corrected chi connectivity index (χ4v) is 2.01. The number of anilines is 2. The Morgan fingerprint density at radius 2 is 2.00 bits per heavy atom. The quantitative estimate of drug-likeness (QED) is 0.897. The first-order valence-electron chi connectivity index (χ1n) is 6.07. The number of halogens is 2. The molecule has 2 N–H and O–H groups in total. The molecule has 6 heteroatoms. The molecule has 21 heavy (non-hydrogen) atoms. The summed E-state index contributed by atoms with van der Waals surface area (Å²) in [5.41, 5.74) is 1.68. The van der Waals surface area contributed by atoms with Crippen LogP contribution in [0.5, 0.6) is 0 Å². The number of carbonyl (C=O) groups excluding carboxylic acids is 1. The van der Waals surface area contributed by atoms with E-state index < -0.39 is 0 Å². The predicted molar refractivity (Wildman–Crippen MR) is 84.7 cm³/mol. The summed E-state index contributed by atoms with van der Waals surface area (Å²) >= 11 is 11.8. The molecule has 0 unspecified atom stereocenters. The minimum Gasteiger partial charge on any atom is -0.376 e. The van der Waals surface area contributed by atoms with Gasteiger partial charge in [0.25, 0.3) is 0 Å². The molecule has 2 aromatic rings. The maximum Gasteiger partial charge on any atom is 0.243 e. The lowest BCUT2D eigenvalue weighted by Gasteiger charge is -2.09. The normalized spacial score (nSPS) is 9.76. The lowest BCUT2D eigenvalue weighted by Crippen LogP contribution is -2.21. The molecule has 2 rings (SSSR count). The number of nitriles is 1. The molecular formula is C15H11Cl2N3O. The van der Waals surface area contributed by atoms with Crippen molar-refractivity contribution < 1.29 is 4.79 Å². The Morgan fingerprint density at radius 1 is 1.19 bits per heavy atom. The van der Waals surface area contributed by atoms with Crippen molar-refractivity contribution in [2.45, 2.75) is 0 Å². The zero-order chi connectivity index (χ0) is 15.2. The second-order valence-electron chi connectivity index (χ2n) is 4.22. The number of amides is 1. The Balaban J connectivity index is 1.96. The molecule has 0 aliphatic carbocycles. The van der Waals surface area contributed by atoms with Gasteiger partial charge in [0.15, 0.2) is 0 Å². The third kappa shape index (κ3) is 4.38. The highest BCUT2D eigenvalue weighted by Crippen LogP contribution is 2.25. The molecule has 0 aliphatic rings. The summed E-state index contributed by atoms with van der Waals surface area (Å²) in [6, 6.07) is 13.8. The average Bonchev–Trinajstić information content (AvgIpc) is 2.49. The van der Waals surface area contributed by atoms with Crippen LogP contribution in [0.3, 0.4) is 0 Å².